The Balaban J connectivity index is 2.39. The van der Waals surface area contributed by atoms with E-state index < -0.39 is 0 Å². The molecule has 0 radical (unpaired) electrons. The van der Waals surface area contributed by atoms with Crippen LogP contribution in [0.15, 0.2) is 0 Å². The molecule has 1 aliphatic rings. The molecule has 2 nitrogen and oxygen atoms in total. The van der Waals surface area contributed by atoms with E-state index in [9.17, 15) is 0 Å². The molecular formula is C10H21NO. The van der Waals surface area contributed by atoms with Gasteiger partial charge in [0, 0.05) is 13.2 Å². The molecule has 0 bridgehead atoms. The van der Waals surface area contributed by atoms with Gasteiger partial charge in [0.25, 0.3) is 0 Å². The van der Waals surface area contributed by atoms with E-state index in [2.05, 4.69) is 12.4 Å². The second-order valence-corrected chi connectivity index (χ2v) is 3.75. The molecule has 0 aromatic carbocycles. The molecule has 72 valence electrons. The summed E-state index contributed by atoms with van der Waals surface area (Å²) in [6, 6.07) is 0.687. The Hall–Kier alpha value is -0.0800. The number of hydrogen-bond acceptors (Lipinski definition) is 2. The third-order valence-corrected chi connectivity index (χ3v) is 2.91. The SMILES string of the molecule is CNC1CCCCCC1COC. The summed E-state index contributed by atoms with van der Waals surface area (Å²) >= 11 is 0. The number of methoxy groups -OCH3 is 1. The van der Waals surface area contributed by atoms with Crippen LogP contribution in [0.3, 0.4) is 0 Å². The smallest absolute Gasteiger partial charge is 0.0505 e. The molecule has 1 N–H and O–H groups in total. The van der Waals surface area contributed by atoms with Crippen molar-refractivity contribution in [2.75, 3.05) is 20.8 Å². The van der Waals surface area contributed by atoms with Crippen molar-refractivity contribution in [2.45, 2.75) is 38.1 Å². The largest absolute Gasteiger partial charge is 0.384 e. The minimum Gasteiger partial charge on any atom is -0.384 e. The molecule has 1 rings (SSSR count). The number of rotatable bonds is 3. The lowest BCUT2D eigenvalue weighted by Crippen LogP contribution is -2.35. The highest BCUT2D eigenvalue weighted by molar-refractivity contribution is 4.77. The van der Waals surface area contributed by atoms with E-state index in [0.29, 0.717) is 6.04 Å². The molecule has 2 atom stereocenters. The molecule has 0 saturated heterocycles. The first-order valence-electron chi connectivity index (χ1n) is 5.04. The molecule has 0 amide bonds. The maximum Gasteiger partial charge on any atom is 0.0505 e. The summed E-state index contributed by atoms with van der Waals surface area (Å²) in [4.78, 5) is 0. The minimum atomic E-state index is 0.687. The van der Waals surface area contributed by atoms with Gasteiger partial charge >= 0.3 is 0 Å². The first kappa shape index (κ1) is 10.0. The molecular weight excluding hydrogens is 150 g/mol. The summed E-state index contributed by atoms with van der Waals surface area (Å²) in [5.74, 6) is 0.738. The molecule has 1 saturated carbocycles. The van der Waals surface area contributed by atoms with Crippen LogP contribution < -0.4 is 5.32 Å². The van der Waals surface area contributed by atoms with Crippen LogP contribution in [-0.4, -0.2) is 26.8 Å². The maximum atomic E-state index is 5.23. The Morgan fingerprint density at radius 2 is 2.00 bits per heavy atom. The van der Waals surface area contributed by atoms with Crippen molar-refractivity contribution in [2.24, 2.45) is 5.92 Å². The predicted molar refractivity (Wildman–Crippen MR) is 51.3 cm³/mol. The summed E-state index contributed by atoms with van der Waals surface area (Å²) in [5.41, 5.74) is 0. The highest BCUT2D eigenvalue weighted by Crippen LogP contribution is 2.23. The van der Waals surface area contributed by atoms with Gasteiger partial charge in [0.2, 0.25) is 0 Å². The van der Waals surface area contributed by atoms with Crippen molar-refractivity contribution < 1.29 is 4.74 Å². The third-order valence-electron chi connectivity index (χ3n) is 2.91. The van der Waals surface area contributed by atoms with Crippen LogP contribution in [0.25, 0.3) is 0 Å². The lowest BCUT2D eigenvalue weighted by molar-refractivity contribution is 0.128. The quantitative estimate of drug-likeness (QED) is 0.654. The average Bonchev–Trinajstić information content (AvgIpc) is 2.30. The van der Waals surface area contributed by atoms with Crippen LogP contribution in [-0.2, 0) is 4.74 Å². The highest BCUT2D eigenvalue weighted by Gasteiger charge is 2.21. The van der Waals surface area contributed by atoms with Gasteiger partial charge in [-0.3, -0.25) is 0 Å². The Morgan fingerprint density at radius 1 is 1.25 bits per heavy atom. The standard InChI is InChI=1S/C10H21NO/c1-11-10-7-5-3-4-6-9(10)8-12-2/h9-11H,3-8H2,1-2H3. The van der Waals surface area contributed by atoms with Crippen molar-refractivity contribution in [1.82, 2.24) is 5.32 Å². The molecule has 2 heteroatoms. The van der Waals surface area contributed by atoms with Gasteiger partial charge in [-0.05, 0) is 25.8 Å². The Labute approximate surface area is 75.7 Å². The summed E-state index contributed by atoms with van der Waals surface area (Å²) in [6.45, 7) is 0.922. The molecule has 0 heterocycles. The second-order valence-electron chi connectivity index (χ2n) is 3.75. The summed E-state index contributed by atoms with van der Waals surface area (Å²) in [5, 5.41) is 3.40. The molecule has 0 spiro atoms. The summed E-state index contributed by atoms with van der Waals surface area (Å²) < 4.78 is 5.23. The normalized spacial score (nSPS) is 31.5. The van der Waals surface area contributed by atoms with Gasteiger partial charge in [0.1, 0.15) is 0 Å². The van der Waals surface area contributed by atoms with Gasteiger partial charge in [-0.1, -0.05) is 19.3 Å². The Kier molecular flexibility index (Phi) is 4.62. The Morgan fingerprint density at radius 3 is 2.67 bits per heavy atom. The zero-order valence-corrected chi connectivity index (χ0v) is 8.31. The molecule has 1 fully saturated rings. The van der Waals surface area contributed by atoms with Crippen molar-refractivity contribution >= 4 is 0 Å². The van der Waals surface area contributed by atoms with Crippen molar-refractivity contribution in [3.05, 3.63) is 0 Å². The molecule has 0 aliphatic heterocycles. The first-order valence-corrected chi connectivity index (χ1v) is 5.04. The fourth-order valence-corrected chi connectivity index (χ4v) is 2.18. The van der Waals surface area contributed by atoms with Gasteiger partial charge in [0.05, 0.1) is 6.61 Å². The zero-order chi connectivity index (χ0) is 8.81. The van der Waals surface area contributed by atoms with E-state index in [-0.39, 0.29) is 0 Å². The fourth-order valence-electron chi connectivity index (χ4n) is 2.18. The van der Waals surface area contributed by atoms with Gasteiger partial charge in [-0.25, -0.2) is 0 Å². The van der Waals surface area contributed by atoms with E-state index in [0.717, 1.165) is 12.5 Å². The Bertz CT molecular complexity index is 116. The predicted octanol–water partition coefficient (Wildman–Crippen LogP) is 1.80. The van der Waals surface area contributed by atoms with Crippen molar-refractivity contribution in [1.29, 1.82) is 0 Å². The number of nitrogens with one attached hydrogen (secondary N) is 1. The summed E-state index contributed by atoms with van der Waals surface area (Å²) in [7, 11) is 3.87. The van der Waals surface area contributed by atoms with Crippen LogP contribution in [0, 0.1) is 5.92 Å². The highest BCUT2D eigenvalue weighted by atomic mass is 16.5. The van der Waals surface area contributed by atoms with Crippen LogP contribution in [0.5, 0.6) is 0 Å². The van der Waals surface area contributed by atoms with Gasteiger partial charge in [-0.15, -0.1) is 0 Å². The molecule has 12 heavy (non-hydrogen) atoms. The zero-order valence-electron chi connectivity index (χ0n) is 8.31. The molecule has 0 aromatic heterocycles. The van der Waals surface area contributed by atoms with Crippen molar-refractivity contribution in [3.8, 4) is 0 Å². The second kappa shape index (κ2) is 5.55. The van der Waals surface area contributed by atoms with Crippen LogP contribution in [0.2, 0.25) is 0 Å². The fraction of sp³-hybridized carbons (Fsp3) is 1.00. The maximum absolute atomic E-state index is 5.23. The lowest BCUT2D eigenvalue weighted by atomic mass is 9.96. The van der Waals surface area contributed by atoms with Gasteiger partial charge in [0.15, 0.2) is 0 Å². The van der Waals surface area contributed by atoms with E-state index in [1.807, 2.05) is 0 Å². The number of hydrogen-bond donors (Lipinski definition) is 1. The van der Waals surface area contributed by atoms with E-state index in [1.54, 1.807) is 7.11 Å². The molecule has 1 aliphatic carbocycles. The van der Waals surface area contributed by atoms with E-state index in [4.69, 9.17) is 4.74 Å². The lowest BCUT2D eigenvalue weighted by Gasteiger charge is -2.23. The topological polar surface area (TPSA) is 21.3 Å². The van der Waals surface area contributed by atoms with Gasteiger partial charge < -0.3 is 10.1 Å². The first-order chi connectivity index (χ1) is 5.88. The van der Waals surface area contributed by atoms with E-state index in [1.165, 1.54) is 32.1 Å². The average molecular weight is 171 g/mol. The van der Waals surface area contributed by atoms with Crippen LogP contribution >= 0.6 is 0 Å². The minimum absolute atomic E-state index is 0.687. The van der Waals surface area contributed by atoms with Crippen molar-refractivity contribution in [3.63, 3.8) is 0 Å². The van der Waals surface area contributed by atoms with E-state index >= 15 is 0 Å². The van der Waals surface area contributed by atoms with Crippen LogP contribution in [0.4, 0.5) is 0 Å². The van der Waals surface area contributed by atoms with Gasteiger partial charge in [-0.2, -0.15) is 0 Å². The molecule has 2 unspecified atom stereocenters. The summed E-state index contributed by atoms with van der Waals surface area (Å²) in [6.07, 6.45) is 6.82. The third kappa shape index (κ3) is 2.76. The number of ether oxygens (including phenoxy) is 1. The molecule has 0 aromatic rings. The monoisotopic (exact) mass is 171 g/mol. The van der Waals surface area contributed by atoms with Crippen LogP contribution in [0.1, 0.15) is 32.1 Å².